The van der Waals surface area contributed by atoms with Crippen LogP contribution in [0.3, 0.4) is 0 Å². The topological polar surface area (TPSA) is 18.5 Å². The summed E-state index contributed by atoms with van der Waals surface area (Å²) in [6, 6.07) is 7.88. The van der Waals surface area contributed by atoms with E-state index in [0.717, 1.165) is 23.4 Å². The quantitative estimate of drug-likeness (QED) is 0.750. The lowest BCUT2D eigenvalue weighted by Crippen LogP contribution is -2.25. The van der Waals surface area contributed by atoms with Crippen LogP contribution >= 0.6 is 11.6 Å². The molecule has 3 heteroatoms. The van der Waals surface area contributed by atoms with Crippen molar-refractivity contribution in [3.63, 3.8) is 0 Å². The first-order chi connectivity index (χ1) is 8.20. The van der Waals surface area contributed by atoms with Crippen LogP contribution in [0, 0.1) is 0 Å². The smallest absolute Gasteiger partial charge is 0.169 e. The van der Waals surface area contributed by atoms with E-state index < -0.39 is 0 Å². The van der Waals surface area contributed by atoms with Gasteiger partial charge in [-0.25, -0.2) is 0 Å². The minimum atomic E-state index is -0.330. The molecule has 92 valence electrons. The van der Waals surface area contributed by atoms with Gasteiger partial charge in [-0.3, -0.25) is 0 Å². The van der Waals surface area contributed by atoms with Gasteiger partial charge in [-0.15, -0.1) is 0 Å². The second-order valence-electron chi connectivity index (χ2n) is 5.00. The molecule has 1 saturated carbocycles. The molecule has 0 N–H and O–H groups in total. The predicted molar refractivity (Wildman–Crippen MR) is 67.0 cm³/mol. The third-order valence-electron chi connectivity index (χ3n) is 3.75. The SMILES string of the molecule is C[C@@H]1OC2(CCCC2)O[C@H]1c1ccccc1Cl. The summed E-state index contributed by atoms with van der Waals surface area (Å²) in [7, 11) is 0. The molecule has 1 spiro atoms. The summed E-state index contributed by atoms with van der Waals surface area (Å²) in [5.74, 6) is -0.330. The summed E-state index contributed by atoms with van der Waals surface area (Å²) in [5.41, 5.74) is 1.05. The zero-order valence-electron chi connectivity index (χ0n) is 9.99. The predicted octanol–water partition coefficient (Wildman–Crippen LogP) is 4.09. The van der Waals surface area contributed by atoms with E-state index in [1.54, 1.807) is 0 Å². The fourth-order valence-electron chi connectivity index (χ4n) is 2.93. The highest BCUT2D eigenvalue weighted by Crippen LogP contribution is 2.47. The number of hydrogen-bond donors (Lipinski definition) is 0. The highest BCUT2D eigenvalue weighted by molar-refractivity contribution is 6.31. The van der Waals surface area contributed by atoms with Gasteiger partial charge in [0.2, 0.25) is 0 Å². The number of ether oxygens (including phenoxy) is 2. The van der Waals surface area contributed by atoms with Crippen molar-refractivity contribution in [2.24, 2.45) is 0 Å². The van der Waals surface area contributed by atoms with Crippen molar-refractivity contribution in [3.05, 3.63) is 34.9 Å². The minimum Gasteiger partial charge on any atom is -0.344 e. The maximum atomic E-state index is 6.23. The standard InChI is InChI=1S/C14H17ClO2/c1-10-13(11-6-2-3-7-12(11)15)17-14(16-10)8-4-5-9-14/h2-3,6-7,10,13H,4-5,8-9H2,1H3/t10-,13+/m0/s1. The van der Waals surface area contributed by atoms with Crippen LogP contribution in [0.15, 0.2) is 24.3 Å². The van der Waals surface area contributed by atoms with E-state index in [0.29, 0.717) is 0 Å². The third-order valence-corrected chi connectivity index (χ3v) is 4.09. The van der Waals surface area contributed by atoms with Crippen LogP contribution in [0.1, 0.15) is 44.3 Å². The van der Waals surface area contributed by atoms with Crippen molar-refractivity contribution in [1.82, 2.24) is 0 Å². The number of rotatable bonds is 1. The van der Waals surface area contributed by atoms with Crippen LogP contribution in [0.4, 0.5) is 0 Å². The summed E-state index contributed by atoms with van der Waals surface area (Å²) >= 11 is 6.23. The molecule has 1 saturated heterocycles. The van der Waals surface area contributed by atoms with E-state index in [4.69, 9.17) is 21.1 Å². The van der Waals surface area contributed by atoms with Crippen LogP contribution in [-0.4, -0.2) is 11.9 Å². The van der Waals surface area contributed by atoms with Gasteiger partial charge in [-0.2, -0.15) is 0 Å². The molecule has 2 aliphatic rings. The average Bonchev–Trinajstić information content (AvgIpc) is 2.88. The Hall–Kier alpha value is -0.570. The lowest BCUT2D eigenvalue weighted by molar-refractivity contribution is -0.168. The van der Waals surface area contributed by atoms with E-state index in [1.165, 1.54) is 12.8 Å². The highest BCUT2D eigenvalue weighted by Gasteiger charge is 2.48. The Balaban J connectivity index is 1.87. The lowest BCUT2D eigenvalue weighted by Gasteiger charge is -2.22. The molecule has 0 bridgehead atoms. The Morgan fingerprint density at radius 1 is 1.18 bits per heavy atom. The first-order valence-corrected chi connectivity index (χ1v) is 6.68. The molecule has 0 aromatic heterocycles. The van der Waals surface area contributed by atoms with E-state index in [-0.39, 0.29) is 18.0 Å². The van der Waals surface area contributed by atoms with Gasteiger partial charge in [-0.1, -0.05) is 29.8 Å². The fourth-order valence-corrected chi connectivity index (χ4v) is 3.17. The minimum absolute atomic E-state index is 0.0261. The molecule has 2 nitrogen and oxygen atoms in total. The zero-order valence-corrected chi connectivity index (χ0v) is 10.7. The van der Waals surface area contributed by atoms with Gasteiger partial charge in [0.05, 0.1) is 6.10 Å². The fraction of sp³-hybridized carbons (Fsp3) is 0.571. The Bertz CT molecular complexity index is 412. The Labute approximate surface area is 107 Å². The highest BCUT2D eigenvalue weighted by atomic mass is 35.5. The maximum Gasteiger partial charge on any atom is 0.169 e. The molecule has 1 aromatic rings. The van der Waals surface area contributed by atoms with Crippen molar-refractivity contribution >= 4 is 11.6 Å². The first-order valence-electron chi connectivity index (χ1n) is 6.30. The Kier molecular flexibility index (Phi) is 2.89. The average molecular weight is 253 g/mol. The van der Waals surface area contributed by atoms with Gasteiger partial charge in [0.25, 0.3) is 0 Å². The second kappa shape index (κ2) is 4.27. The normalized spacial score (nSPS) is 31.2. The Morgan fingerprint density at radius 3 is 2.59 bits per heavy atom. The van der Waals surface area contributed by atoms with Crippen LogP contribution in [0.2, 0.25) is 5.02 Å². The van der Waals surface area contributed by atoms with Crippen LogP contribution in [0.5, 0.6) is 0 Å². The van der Waals surface area contributed by atoms with Crippen molar-refractivity contribution in [2.75, 3.05) is 0 Å². The number of hydrogen-bond acceptors (Lipinski definition) is 2. The molecule has 0 radical (unpaired) electrons. The lowest BCUT2D eigenvalue weighted by atomic mass is 10.1. The largest absolute Gasteiger partial charge is 0.344 e. The van der Waals surface area contributed by atoms with Gasteiger partial charge in [0.15, 0.2) is 5.79 Å². The molecule has 17 heavy (non-hydrogen) atoms. The molecule has 1 aromatic carbocycles. The summed E-state index contributed by atoms with van der Waals surface area (Å²) < 4.78 is 12.2. The molecule has 3 rings (SSSR count). The number of halogens is 1. The van der Waals surface area contributed by atoms with Gasteiger partial charge in [-0.05, 0) is 25.8 Å². The number of benzene rings is 1. The van der Waals surface area contributed by atoms with Gasteiger partial charge < -0.3 is 9.47 Å². The summed E-state index contributed by atoms with van der Waals surface area (Å²) in [5, 5.41) is 0.767. The van der Waals surface area contributed by atoms with Crippen molar-refractivity contribution in [1.29, 1.82) is 0 Å². The molecule has 1 aliphatic carbocycles. The molecule has 0 amide bonds. The first kappa shape index (κ1) is 11.5. The van der Waals surface area contributed by atoms with E-state index >= 15 is 0 Å². The molecular formula is C14H17ClO2. The molecule has 1 aliphatic heterocycles. The molecule has 2 fully saturated rings. The van der Waals surface area contributed by atoms with E-state index in [2.05, 4.69) is 6.92 Å². The Morgan fingerprint density at radius 2 is 1.88 bits per heavy atom. The zero-order chi connectivity index (χ0) is 11.9. The maximum absolute atomic E-state index is 6.23. The van der Waals surface area contributed by atoms with Crippen molar-refractivity contribution in [2.45, 2.75) is 50.6 Å². The van der Waals surface area contributed by atoms with Crippen molar-refractivity contribution in [3.8, 4) is 0 Å². The van der Waals surface area contributed by atoms with E-state index in [1.807, 2.05) is 24.3 Å². The summed E-state index contributed by atoms with van der Waals surface area (Å²) in [4.78, 5) is 0. The van der Waals surface area contributed by atoms with Crippen molar-refractivity contribution < 1.29 is 9.47 Å². The van der Waals surface area contributed by atoms with Gasteiger partial charge in [0.1, 0.15) is 6.10 Å². The second-order valence-corrected chi connectivity index (χ2v) is 5.41. The molecular weight excluding hydrogens is 236 g/mol. The van der Waals surface area contributed by atoms with Crippen LogP contribution in [0.25, 0.3) is 0 Å². The van der Waals surface area contributed by atoms with E-state index in [9.17, 15) is 0 Å². The molecule has 2 atom stereocenters. The summed E-state index contributed by atoms with van der Waals surface area (Å²) in [6.45, 7) is 2.07. The molecule has 0 unspecified atom stereocenters. The monoisotopic (exact) mass is 252 g/mol. The molecule has 1 heterocycles. The summed E-state index contributed by atoms with van der Waals surface area (Å²) in [6.07, 6.45) is 4.47. The van der Waals surface area contributed by atoms with Gasteiger partial charge in [0, 0.05) is 23.4 Å². The third kappa shape index (κ3) is 1.99. The van der Waals surface area contributed by atoms with Gasteiger partial charge >= 0.3 is 0 Å². The van der Waals surface area contributed by atoms with Crippen LogP contribution in [-0.2, 0) is 9.47 Å². The van der Waals surface area contributed by atoms with Crippen LogP contribution < -0.4 is 0 Å².